The van der Waals surface area contributed by atoms with E-state index < -0.39 is 32.5 Å². The van der Waals surface area contributed by atoms with Crippen LogP contribution in [0.15, 0.2) is 0 Å². The molecule has 2 N–H and O–H groups in total. The first kappa shape index (κ1) is 14.3. The van der Waals surface area contributed by atoms with E-state index in [1.54, 1.807) is 0 Å². The molecule has 3 nitrogen and oxygen atoms in total. The average molecular weight is 284 g/mol. The van der Waals surface area contributed by atoms with Gasteiger partial charge in [-0.2, -0.15) is 0 Å². The van der Waals surface area contributed by atoms with Gasteiger partial charge in [0.05, 0.1) is 20.1 Å². The van der Waals surface area contributed by atoms with E-state index in [-0.39, 0.29) is 51.4 Å². The molecule has 0 spiro atoms. The van der Waals surface area contributed by atoms with Gasteiger partial charge < -0.3 is 9.11 Å². The fraction of sp³-hybridized carbons (Fsp3) is 1.00. The maximum atomic E-state index is 13.1. The largest absolute Gasteiger partial charge is 0.307 e. The van der Waals surface area contributed by atoms with E-state index in [0.29, 0.717) is 0 Å². The van der Waals surface area contributed by atoms with Gasteiger partial charge in [-0.1, -0.05) is 0 Å². The lowest BCUT2D eigenvalue weighted by Gasteiger charge is -2.47. The minimum atomic E-state index is -4.75. The van der Waals surface area contributed by atoms with Gasteiger partial charge in [-0.15, -0.1) is 0 Å². The van der Waals surface area contributed by atoms with Crippen LogP contribution in [0.5, 0.6) is 0 Å². The maximum absolute atomic E-state index is 13.1. The third-order valence-electron chi connectivity index (χ3n) is 4.46. The van der Waals surface area contributed by atoms with Crippen LogP contribution in [0.4, 0.5) is 8.78 Å². The Morgan fingerprint density at radius 2 is 1.00 bits per heavy atom. The zero-order chi connectivity index (χ0) is 13.4. The van der Waals surface area contributed by atoms with Crippen molar-refractivity contribution < 1.29 is 22.1 Å². The summed E-state index contributed by atoms with van der Waals surface area (Å²) in [6, 6.07) is 0. The summed E-state index contributed by atoms with van der Waals surface area (Å²) in [5.74, 6) is 0. The van der Waals surface area contributed by atoms with Gasteiger partial charge in [0, 0.05) is 0 Å². The summed E-state index contributed by atoms with van der Waals surface area (Å²) >= 11 is 0. The zero-order valence-corrected chi connectivity index (χ0v) is 11.2. The third kappa shape index (κ3) is 2.75. The van der Waals surface area contributed by atoms with Gasteiger partial charge in [0.1, 0.15) is 12.3 Å². The lowest BCUT2D eigenvalue weighted by molar-refractivity contribution is 0.222. The Kier molecular flexibility index (Phi) is 3.82. The van der Waals surface area contributed by atoms with Gasteiger partial charge >= 0.3 is 0 Å². The van der Waals surface area contributed by atoms with E-state index in [1.807, 2.05) is 0 Å². The molecule has 18 heavy (non-hydrogen) atoms. The van der Waals surface area contributed by atoms with Gasteiger partial charge in [-0.25, -0.2) is 13.0 Å². The Morgan fingerprint density at radius 3 is 1.28 bits per heavy atom. The van der Waals surface area contributed by atoms with E-state index >= 15 is 0 Å². The number of hydrogen-bond acceptors (Lipinski definition) is 1. The highest BCUT2D eigenvalue weighted by atomic mass is 32.3. The van der Waals surface area contributed by atoms with Crippen molar-refractivity contribution in [3.8, 4) is 0 Å². The molecule has 0 saturated heterocycles. The molecule has 2 rings (SSSR count). The van der Waals surface area contributed by atoms with Crippen LogP contribution in [0, 0.1) is 0 Å². The minimum Gasteiger partial charge on any atom is -0.307 e. The Balaban J connectivity index is 2.09. The summed E-state index contributed by atoms with van der Waals surface area (Å²) in [5, 5.41) is -1.48. The lowest BCUT2D eigenvalue weighted by Crippen LogP contribution is -2.55. The Bertz CT molecular complexity index is 324. The van der Waals surface area contributed by atoms with Crippen molar-refractivity contribution in [1.29, 1.82) is 0 Å². The Labute approximate surface area is 106 Å². The molecule has 0 unspecified atom stereocenters. The fourth-order valence-corrected chi connectivity index (χ4v) is 6.06. The molecule has 0 aromatic heterocycles. The van der Waals surface area contributed by atoms with Crippen LogP contribution in [-0.2, 0) is 9.63 Å². The first-order valence-electron chi connectivity index (χ1n) is 6.71. The molecule has 0 aliphatic heterocycles. The van der Waals surface area contributed by atoms with Crippen LogP contribution < -0.4 is 0 Å². The standard InChI is InChI=1S/C12H22F2O3S/c13-9-1-5-11(6-2-9)18(15,16,17)12-7-3-10(14)4-8-12/h9-12H,1-8H2,(H2,15,16,17). The van der Waals surface area contributed by atoms with Crippen molar-refractivity contribution in [2.24, 2.45) is 0 Å². The second kappa shape index (κ2) is 4.80. The van der Waals surface area contributed by atoms with Crippen molar-refractivity contribution in [3.05, 3.63) is 0 Å². The number of hydrogen-bond donors (Lipinski definition) is 2. The topological polar surface area (TPSA) is 57.5 Å². The van der Waals surface area contributed by atoms with E-state index in [0.717, 1.165) is 0 Å². The predicted molar refractivity (Wildman–Crippen MR) is 67.7 cm³/mol. The van der Waals surface area contributed by atoms with Crippen molar-refractivity contribution >= 4 is 9.63 Å². The highest BCUT2D eigenvalue weighted by molar-refractivity contribution is 8.11. The van der Waals surface area contributed by atoms with Crippen LogP contribution in [-0.4, -0.2) is 36.2 Å². The molecule has 2 aliphatic rings. The van der Waals surface area contributed by atoms with E-state index in [1.165, 1.54) is 0 Å². The SMILES string of the molecule is O=S(O)(O)(C1CCC(F)CC1)C1CCC(F)CC1. The molecule has 0 aromatic carbocycles. The molecule has 0 amide bonds. The van der Waals surface area contributed by atoms with Crippen molar-refractivity contribution in [2.75, 3.05) is 0 Å². The van der Waals surface area contributed by atoms with Crippen LogP contribution in [0.1, 0.15) is 51.4 Å². The van der Waals surface area contributed by atoms with Gasteiger partial charge in [-0.05, 0) is 51.4 Å². The Morgan fingerprint density at radius 1 is 0.722 bits per heavy atom. The summed E-state index contributed by atoms with van der Waals surface area (Å²) in [6.45, 7) is 0. The molecule has 0 radical (unpaired) electrons. The fourth-order valence-electron chi connectivity index (χ4n) is 3.20. The monoisotopic (exact) mass is 284 g/mol. The van der Waals surface area contributed by atoms with Gasteiger partial charge in [0.15, 0.2) is 0 Å². The highest BCUT2D eigenvalue weighted by Crippen LogP contribution is 2.44. The molecular weight excluding hydrogens is 262 g/mol. The normalized spacial score (nSPS) is 41.0. The van der Waals surface area contributed by atoms with Gasteiger partial charge in [0.25, 0.3) is 0 Å². The molecule has 0 bridgehead atoms. The van der Waals surface area contributed by atoms with E-state index in [2.05, 4.69) is 0 Å². The molecule has 0 heterocycles. The third-order valence-corrected chi connectivity index (χ3v) is 7.91. The molecule has 2 saturated carbocycles. The molecular formula is C12H22F2O3S. The van der Waals surface area contributed by atoms with E-state index in [4.69, 9.17) is 0 Å². The predicted octanol–water partition coefficient (Wildman–Crippen LogP) is 3.31. The summed E-state index contributed by atoms with van der Waals surface area (Å²) in [6.07, 6.45) is 0.0700. The highest BCUT2D eigenvalue weighted by Gasteiger charge is 2.49. The van der Waals surface area contributed by atoms with Crippen molar-refractivity contribution in [3.63, 3.8) is 0 Å². The summed E-state index contributed by atoms with van der Waals surface area (Å²) in [4.78, 5) is 0. The Hall–Kier alpha value is -0.0700. The molecule has 0 atom stereocenters. The molecule has 2 aliphatic carbocycles. The van der Waals surface area contributed by atoms with Crippen LogP contribution >= 0.6 is 0 Å². The summed E-state index contributed by atoms with van der Waals surface area (Å²) in [7, 11) is -4.75. The number of alkyl halides is 2. The maximum Gasteiger partial charge on any atom is 0.100 e. The molecule has 108 valence electrons. The van der Waals surface area contributed by atoms with Crippen LogP contribution in [0.3, 0.4) is 0 Å². The first-order valence-corrected chi connectivity index (χ1v) is 8.71. The van der Waals surface area contributed by atoms with Gasteiger partial charge in [-0.3, -0.25) is 0 Å². The summed E-state index contributed by atoms with van der Waals surface area (Å²) in [5.41, 5.74) is 0. The molecule has 0 aromatic rings. The second-order valence-electron chi connectivity index (χ2n) is 5.73. The quantitative estimate of drug-likeness (QED) is 0.818. The smallest absolute Gasteiger partial charge is 0.100 e. The van der Waals surface area contributed by atoms with Crippen molar-refractivity contribution in [1.82, 2.24) is 0 Å². The number of halogens is 2. The molecule has 2 fully saturated rings. The van der Waals surface area contributed by atoms with Crippen LogP contribution in [0.25, 0.3) is 0 Å². The number of rotatable bonds is 2. The zero-order valence-electron chi connectivity index (χ0n) is 10.4. The van der Waals surface area contributed by atoms with E-state index in [9.17, 15) is 22.1 Å². The minimum absolute atomic E-state index is 0.235. The molecule has 6 heteroatoms. The second-order valence-corrected chi connectivity index (χ2v) is 9.02. The van der Waals surface area contributed by atoms with Crippen LogP contribution in [0.2, 0.25) is 0 Å². The van der Waals surface area contributed by atoms with Crippen molar-refractivity contribution in [2.45, 2.75) is 74.2 Å². The first-order chi connectivity index (χ1) is 8.28. The summed E-state index contributed by atoms with van der Waals surface area (Å²) < 4.78 is 59.2. The van der Waals surface area contributed by atoms with Gasteiger partial charge in [0.2, 0.25) is 0 Å². The average Bonchev–Trinajstić information content (AvgIpc) is 2.29. The lowest BCUT2D eigenvalue weighted by atomic mass is 9.98.